The minimum atomic E-state index is -0.656. The molecule has 17 heavy (non-hydrogen) atoms. The van der Waals surface area contributed by atoms with Crippen LogP contribution in [-0.4, -0.2) is 33.0 Å². The lowest BCUT2D eigenvalue weighted by Crippen LogP contribution is -2.20. The van der Waals surface area contributed by atoms with E-state index in [0.717, 1.165) is 0 Å². The zero-order valence-electron chi connectivity index (χ0n) is 9.56. The van der Waals surface area contributed by atoms with Crippen molar-refractivity contribution in [2.45, 2.75) is 0 Å². The van der Waals surface area contributed by atoms with Crippen molar-refractivity contribution >= 4 is 12.3 Å². The van der Waals surface area contributed by atoms with Gasteiger partial charge in [-0.05, 0) is 6.07 Å². The summed E-state index contributed by atoms with van der Waals surface area (Å²) in [7, 11) is 2.85. The minimum absolute atomic E-state index is 0.0405. The van der Waals surface area contributed by atoms with Crippen molar-refractivity contribution in [2.24, 2.45) is 5.73 Å². The highest BCUT2D eigenvalue weighted by Gasteiger charge is 2.16. The maximum Gasteiger partial charge on any atom is 0.325 e. The Labute approximate surface area is 98.3 Å². The van der Waals surface area contributed by atoms with Crippen molar-refractivity contribution in [1.82, 2.24) is 0 Å². The minimum Gasteiger partial charge on any atom is -0.497 e. The first kappa shape index (κ1) is 13.0. The third-order valence-corrected chi connectivity index (χ3v) is 2.02. The van der Waals surface area contributed by atoms with Crippen LogP contribution in [-0.2, 0) is 4.79 Å². The summed E-state index contributed by atoms with van der Waals surface area (Å²) in [6.07, 6.45) is 0.546. The van der Waals surface area contributed by atoms with Gasteiger partial charge in [0.05, 0.1) is 26.3 Å². The van der Waals surface area contributed by atoms with Crippen LogP contribution < -0.4 is 19.9 Å². The van der Waals surface area contributed by atoms with Gasteiger partial charge in [-0.25, -0.2) is 0 Å². The molecular formula is C11H13NO5. The number of ether oxygens (including phenoxy) is 3. The predicted octanol–water partition coefficient (Wildman–Crippen LogP) is 0.380. The second-order valence-corrected chi connectivity index (χ2v) is 3.04. The van der Waals surface area contributed by atoms with Gasteiger partial charge in [-0.1, -0.05) is 0 Å². The Kier molecular flexibility index (Phi) is 4.47. The molecule has 6 heteroatoms. The van der Waals surface area contributed by atoms with E-state index in [9.17, 15) is 9.59 Å². The van der Waals surface area contributed by atoms with E-state index in [4.69, 9.17) is 19.9 Å². The largest absolute Gasteiger partial charge is 0.497 e. The summed E-state index contributed by atoms with van der Waals surface area (Å²) in [5.74, 6) is 0.0417. The molecule has 0 aliphatic heterocycles. The summed E-state index contributed by atoms with van der Waals surface area (Å²) in [5.41, 5.74) is 5.29. The molecule has 0 spiro atoms. The lowest BCUT2D eigenvalue weighted by Gasteiger charge is -2.12. The molecule has 92 valence electrons. The van der Waals surface area contributed by atoms with Crippen molar-refractivity contribution in [2.75, 3.05) is 20.8 Å². The fourth-order valence-corrected chi connectivity index (χ4v) is 1.22. The normalized spacial score (nSPS) is 9.59. The van der Waals surface area contributed by atoms with E-state index >= 15 is 0 Å². The molecule has 0 aliphatic rings. The van der Waals surface area contributed by atoms with E-state index in [-0.39, 0.29) is 23.6 Å². The number of hydrogen-bond donors (Lipinski definition) is 1. The number of rotatable bonds is 5. The molecule has 0 bridgehead atoms. The standard InChI is InChI=1S/C11H13NO5/c1-15-8-3-7(6-13)11(9(4-8)16-2)17-10(14)5-12/h3-4,6H,5,12H2,1-2H3. The lowest BCUT2D eigenvalue weighted by molar-refractivity contribution is -0.132. The van der Waals surface area contributed by atoms with Gasteiger partial charge in [-0.2, -0.15) is 0 Å². The van der Waals surface area contributed by atoms with Crippen molar-refractivity contribution in [3.63, 3.8) is 0 Å². The van der Waals surface area contributed by atoms with Gasteiger partial charge >= 0.3 is 5.97 Å². The second kappa shape index (κ2) is 5.86. The van der Waals surface area contributed by atoms with Gasteiger partial charge in [-0.3, -0.25) is 9.59 Å². The zero-order chi connectivity index (χ0) is 12.8. The summed E-state index contributed by atoms with van der Waals surface area (Å²) in [4.78, 5) is 22.0. The molecule has 2 N–H and O–H groups in total. The number of aldehydes is 1. The summed E-state index contributed by atoms with van der Waals surface area (Å²) < 4.78 is 14.9. The number of methoxy groups -OCH3 is 2. The van der Waals surface area contributed by atoms with E-state index in [0.29, 0.717) is 12.0 Å². The zero-order valence-corrected chi connectivity index (χ0v) is 9.56. The Hall–Kier alpha value is -2.08. The first-order valence-electron chi connectivity index (χ1n) is 4.78. The molecule has 6 nitrogen and oxygen atoms in total. The number of nitrogens with two attached hydrogens (primary N) is 1. The van der Waals surface area contributed by atoms with Crippen LogP contribution in [0.2, 0.25) is 0 Å². The first-order valence-corrected chi connectivity index (χ1v) is 4.78. The van der Waals surface area contributed by atoms with E-state index in [2.05, 4.69) is 0 Å². The SMILES string of the molecule is COc1cc(C=O)c(OC(=O)CN)c(OC)c1. The van der Waals surface area contributed by atoms with Gasteiger partial charge < -0.3 is 19.9 Å². The van der Waals surface area contributed by atoms with E-state index < -0.39 is 5.97 Å². The Morgan fingerprint density at radius 1 is 1.35 bits per heavy atom. The first-order chi connectivity index (χ1) is 8.15. The van der Waals surface area contributed by atoms with E-state index in [1.165, 1.54) is 26.4 Å². The molecule has 0 saturated carbocycles. The molecule has 0 atom stereocenters. The highest BCUT2D eigenvalue weighted by molar-refractivity contribution is 5.85. The van der Waals surface area contributed by atoms with Crippen LogP contribution in [0, 0.1) is 0 Å². The average molecular weight is 239 g/mol. The average Bonchev–Trinajstić information content (AvgIpc) is 2.38. The van der Waals surface area contributed by atoms with Crippen molar-refractivity contribution < 1.29 is 23.8 Å². The molecule has 0 radical (unpaired) electrons. The molecule has 0 unspecified atom stereocenters. The van der Waals surface area contributed by atoms with Crippen LogP contribution >= 0.6 is 0 Å². The summed E-state index contributed by atoms with van der Waals surface area (Å²) >= 11 is 0. The molecule has 0 saturated heterocycles. The number of esters is 1. The van der Waals surface area contributed by atoms with Crippen molar-refractivity contribution in [3.8, 4) is 17.2 Å². The monoisotopic (exact) mass is 239 g/mol. The van der Waals surface area contributed by atoms with Crippen LogP contribution in [0.1, 0.15) is 10.4 Å². The summed E-state index contributed by atoms with van der Waals surface area (Å²) in [6.45, 7) is -0.284. The van der Waals surface area contributed by atoms with Crippen LogP contribution in [0.3, 0.4) is 0 Å². The molecule has 1 aromatic rings. The molecule has 1 rings (SSSR count). The topological polar surface area (TPSA) is 87.9 Å². The van der Waals surface area contributed by atoms with Gasteiger partial charge in [0.15, 0.2) is 17.8 Å². The summed E-state index contributed by atoms with van der Waals surface area (Å²) in [6, 6.07) is 2.95. The maximum atomic E-state index is 11.1. The van der Waals surface area contributed by atoms with Crippen LogP contribution in [0.5, 0.6) is 17.2 Å². The van der Waals surface area contributed by atoms with Gasteiger partial charge in [0.2, 0.25) is 0 Å². The lowest BCUT2D eigenvalue weighted by atomic mass is 10.2. The molecule has 1 aromatic carbocycles. The second-order valence-electron chi connectivity index (χ2n) is 3.04. The predicted molar refractivity (Wildman–Crippen MR) is 59.6 cm³/mol. The van der Waals surface area contributed by atoms with E-state index in [1.54, 1.807) is 0 Å². The van der Waals surface area contributed by atoms with Gasteiger partial charge in [0, 0.05) is 6.07 Å². The van der Waals surface area contributed by atoms with Gasteiger partial charge in [-0.15, -0.1) is 0 Å². The Morgan fingerprint density at radius 3 is 2.53 bits per heavy atom. The molecule has 0 amide bonds. The third-order valence-electron chi connectivity index (χ3n) is 2.02. The molecule has 0 aliphatic carbocycles. The summed E-state index contributed by atoms with van der Waals surface area (Å²) in [5, 5.41) is 0. The highest BCUT2D eigenvalue weighted by atomic mass is 16.6. The number of benzene rings is 1. The Bertz CT molecular complexity index is 430. The number of carbonyl (C=O) groups is 2. The van der Waals surface area contributed by atoms with Gasteiger partial charge in [0.25, 0.3) is 0 Å². The molecule has 0 heterocycles. The smallest absolute Gasteiger partial charge is 0.325 e. The highest BCUT2D eigenvalue weighted by Crippen LogP contribution is 2.34. The van der Waals surface area contributed by atoms with Crippen LogP contribution in [0.4, 0.5) is 0 Å². The van der Waals surface area contributed by atoms with Gasteiger partial charge in [0.1, 0.15) is 5.75 Å². The molecular weight excluding hydrogens is 226 g/mol. The fraction of sp³-hybridized carbons (Fsp3) is 0.273. The maximum absolute atomic E-state index is 11.1. The molecule has 0 fully saturated rings. The Morgan fingerprint density at radius 2 is 2.06 bits per heavy atom. The number of carbonyl (C=O) groups excluding carboxylic acids is 2. The van der Waals surface area contributed by atoms with Crippen LogP contribution in [0.15, 0.2) is 12.1 Å². The van der Waals surface area contributed by atoms with Crippen LogP contribution in [0.25, 0.3) is 0 Å². The van der Waals surface area contributed by atoms with Crippen molar-refractivity contribution in [1.29, 1.82) is 0 Å². The van der Waals surface area contributed by atoms with E-state index in [1.807, 2.05) is 0 Å². The Balaban J connectivity index is 3.24. The van der Waals surface area contributed by atoms with Crippen molar-refractivity contribution in [3.05, 3.63) is 17.7 Å². The quantitative estimate of drug-likeness (QED) is 0.454. The molecule has 0 aromatic heterocycles. The fourth-order valence-electron chi connectivity index (χ4n) is 1.22. The third kappa shape index (κ3) is 2.94. The number of hydrogen-bond acceptors (Lipinski definition) is 6.